The summed E-state index contributed by atoms with van der Waals surface area (Å²) in [4.78, 5) is 26.9. The van der Waals surface area contributed by atoms with Crippen molar-refractivity contribution in [3.05, 3.63) is 64.2 Å². The number of nitrogens with zero attached hydrogens (tertiary/aromatic N) is 2. The van der Waals surface area contributed by atoms with Crippen LogP contribution in [0.5, 0.6) is 11.5 Å². The summed E-state index contributed by atoms with van der Waals surface area (Å²) in [6.07, 6.45) is 0. The zero-order chi connectivity index (χ0) is 17.5. The lowest BCUT2D eigenvalue weighted by atomic mass is 10.1. The second kappa shape index (κ2) is 7.73. The van der Waals surface area contributed by atoms with Gasteiger partial charge in [0.1, 0.15) is 18.6 Å². The van der Waals surface area contributed by atoms with E-state index in [1.807, 2.05) is 0 Å². The minimum Gasteiger partial charge on any atom is -0.457 e. The van der Waals surface area contributed by atoms with Gasteiger partial charge in [0.2, 0.25) is 0 Å². The van der Waals surface area contributed by atoms with Gasteiger partial charge < -0.3 is 14.9 Å². The Morgan fingerprint density at radius 1 is 1.17 bits per heavy atom. The van der Waals surface area contributed by atoms with Crippen LogP contribution in [-0.4, -0.2) is 30.7 Å². The predicted octanol–water partition coefficient (Wildman–Crippen LogP) is 2.48. The van der Waals surface area contributed by atoms with Crippen molar-refractivity contribution in [2.24, 2.45) is 5.16 Å². The highest BCUT2D eigenvalue weighted by Gasteiger charge is 2.18. The van der Waals surface area contributed by atoms with Crippen molar-refractivity contribution in [1.29, 1.82) is 0 Å². The summed E-state index contributed by atoms with van der Waals surface area (Å²) >= 11 is 0. The largest absolute Gasteiger partial charge is 0.457 e. The van der Waals surface area contributed by atoms with Gasteiger partial charge in [0.05, 0.1) is 10.5 Å². The molecule has 0 saturated carbocycles. The molecule has 0 aliphatic rings. The fourth-order valence-electron chi connectivity index (χ4n) is 1.94. The van der Waals surface area contributed by atoms with Crippen LogP contribution in [0.4, 0.5) is 5.69 Å². The van der Waals surface area contributed by atoms with E-state index in [0.717, 1.165) is 0 Å². The third-order valence-corrected chi connectivity index (χ3v) is 3.04. The van der Waals surface area contributed by atoms with Crippen LogP contribution >= 0.6 is 0 Å². The summed E-state index contributed by atoms with van der Waals surface area (Å²) in [6, 6.07) is 12.4. The Kier molecular flexibility index (Phi) is 5.45. The average molecular weight is 329 g/mol. The Bertz CT molecular complexity index is 772. The van der Waals surface area contributed by atoms with Crippen molar-refractivity contribution in [3.63, 3.8) is 0 Å². The van der Waals surface area contributed by atoms with Gasteiger partial charge in [-0.15, -0.1) is 0 Å². The Morgan fingerprint density at radius 2 is 1.83 bits per heavy atom. The van der Waals surface area contributed by atoms with Crippen LogP contribution < -0.4 is 10.1 Å². The fourth-order valence-corrected chi connectivity index (χ4v) is 1.94. The molecule has 0 unspecified atom stereocenters. The van der Waals surface area contributed by atoms with E-state index in [-0.39, 0.29) is 11.4 Å². The first-order chi connectivity index (χ1) is 11.6. The molecule has 0 aliphatic heterocycles. The molecule has 24 heavy (non-hydrogen) atoms. The smallest absolute Gasteiger partial charge is 0.273 e. The van der Waals surface area contributed by atoms with E-state index in [1.54, 1.807) is 24.3 Å². The van der Waals surface area contributed by atoms with Crippen LogP contribution in [0.25, 0.3) is 0 Å². The zero-order valence-electron chi connectivity index (χ0n) is 13.1. The molecule has 0 radical (unpaired) electrons. The number of hydrogen-bond acceptors (Lipinski definition) is 6. The highest BCUT2D eigenvalue weighted by atomic mass is 16.6. The number of non-ortho nitro benzene ring substituents is 1. The summed E-state index contributed by atoms with van der Waals surface area (Å²) in [5.74, 6) is 0.323. The van der Waals surface area contributed by atoms with Gasteiger partial charge in [-0.2, -0.15) is 0 Å². The van der Waals surface area contributed by atoms with E-state index in [9.17, 15) is 14.9 Å². The van der Waals surface area contributed by atoms with E-state index in [2.05, 4.69) is 10.5 Å². The monoisotopic (exact) mass is 329 g/mol. The van der Waals surface area contributed by atoms with E-state index >= 15 is 0 Å². The Labute approximate surface area is 137 Å². The number of likely N-dealkylation sites (N-methyl/N-ethyl adjacent to an activating group) is 1. The molecule has 2 rings (SSSR count). The Morgan fingerprint density at radius 3 is 2.42 bits per heavy atom. The van der Waals surface area contributed by atoms with Crippen LogP contribution in [0.3, 0.4) is 0 Å². The normalized spacial score (nSPS) is 10.8. The Hall–Kier alpha value is -3.42. The molecular formula is C16H15N3O5. The van der Waals surface area contributed by atoms with E-state index in [4.69, 9.17) is 9.57 Å². The number of benzene rings is 2. The van der Waals surface area contributed by atoms with Crippen LogP contribution in [0.15, 0.2) is 53.7 Å². The first-order valence-electron chi connectivity index (χ1n) is 6.91. The summed E-state index contributed by atoms with van der Waals surface area (Å²) in [5, 5.41) is 16.9. The molecule has 1 amide bonds. The van der Waals surface area contributed by atoms with Gasteiger partial charge >= 0.3 is 0 Å². The number of carbonyl (C=O) groups is 1. The van der Waals surface area contributed by atoms with Gasteiger partial charge in [-0.25, -0.2) is 0 Å². The number of nitro groups is 1. The van der Waals surface area contributed by atoms with Gasteiger partial charge in [0.25, 0.3) is 11.6 Å². The molecule has 2 aromatic carbocycles. The Balaban J connectivity index is 2.36. The maximum absolute atomic E-state index is 12.0. The molecule has 0 fully saturated rings. The van der Waals surface area contributed by atoms with Crippen molar-refractivity contribution in [2.75, 3.05) is 14.2 Å². The highest BCUT2D eigenvalue weighted by Crippen LogP contribution is 2.27. The molecule has 1 N–H and O–H groups in total. The number of para-hydroxylation sites is 1. The molecule has 0 aromatic heterocycles. The maximum Gasteiger partial charge on any atom is 0.273 e. The molecular weight excluding hydrogens is 314 g/mol. The molecule has 8 nitrogen and oxygen atoms in total. The van der Waals surface area contributed by atoms with E-state index < -0.39 is 10.8 Å². The minimum atomic E-state index is -0.493. The fraction of sp³-hybridized carbons (Fsp3) is 0.125. The molecule has 0 spiro atoms. The molecule has 0 heterocycles. The number of nitro benzene ring substituents is 1. The van der Waals surface area contributed by atoms with Crippen molar-refractivity contribution in [3.8, 4) is 11.5 Å². The second-order valence-electron chi connectivity index (χ2n) is 4.55. The van der Waals surface area contributed by atoms with Crippen LogP contribution in [0.1, 0.15) is 5.56 Å². The standard InChI is InChI=1S/C16H15N3O5/c1-17-16(20)15(18-23-2)13-5-3-4-6-14(13)24-12-9-7-11(8-10-12)19(21)22/h3-10H,1-2H3,(H,17,20)/b18-15+. The van der Waals surface area contributed by atoms with E-state index in [1.165, 1.54) is 38.4 Å². The first-order valence-corrected chi connectivity index (χ1v) is 6.91. The summed E-state index contributed by atoms with van der Waals surface area (Å²) in [7, 11) is 2.82. The van der Waals surface area contributed by atoms with Gasteiger partial charge in [-0.3, -0.25) is 14.9 Å². The number of hydrogen-bond donors (Lipinski definition) is 1. The van der Waals surface area contributed by atoms with Crippen molar-refractivity contribution >= 4 is 17.3 Å². The lowest BCUT2D eigenvalue weighted by molar-refractivity contribution is -0.384. The average Bonchev–Trinajstić information content (AvgIpc) is 2.60. The minimum absolute atomic E-state index is 0.0392. The van der Waals surface area contributed by atoms with Crippen molar-refractivity contribution < 1.29 is 19.3 Å². The summed E-state index contributed by atoms with van der Waals surface area (Å²) in [5.41, 5.74) is 0.442. The van der Waals surface area contributed by atoms with Gasteiger partial charge in [-0.05, 0) is 24.3 Å². The topological polar surface area (TPSA) is 103 Å². The third-order valence-electron chi connectivity index (χ3n) is 3.04. The van der Waals surface area contributed by atoms with Crippen LogP contribution in [-0.2, 0) is 9.63 Å². The SMILES string of the molecule is CNC(=O)/C(=N/OC)c1ccccc1Oc1ccc([N+](=O)[O-])cc1. The van der Waals surface area contributed by atoms with Crippen molar-refractivity contribution in [1.82, 2.24) is 5.32 Å². The maximum atomic E-state index is 12.0. The number of oxime groups is 1. The summed E-state index contributed by atoms with van der Waals surface area (Å²) in [6.45, 7) is 0. The molecule has 0 atom stereocenters. The number of rotatable bonds is 6. The van der Waals surface area contributed by atoms with E-state index in [0.29, 0.717) is 17.1 Å². The van der Waals surface area contributed by atoms with Gasteiger partial charge in [0.15, 0.2) is 5.71 Å². The first kappa shape index (κ1) is 16.9. The highest BCUT2D eigenvalue weighted by molar-refractivity contribution is 6.45. The lowest BCUT2D eigenvalue weighted by Gasteiger charge is -2.11. The molecule has 0 aliphatic carbocycles. The number of carbonyl (C=O) groups excluding carboxylic acids is 1. The predicted molar refractivity (Wildman–Crippen MR) is 87.2 cm³/mol. The quantitative estimate of drug-likeness (QED) is 0.498. The number of nitrogens with one attached hydrogen (secondary N) is 1. The lowest BCUT2D eigenvalue weighted by Crippen LogP contribution is -2.28. The van der Waals surface area contributed by atoms with Crippen LogP contribution in [0, 0.1) is 10.1 Å². The summed E-state index contributed by atoms with van der Waals surface area (Å²) < 4.78 is 5.73. The molecule has 0 bridgehead atoms. The van der Waals surface area contributed by atoms with Gasteiger partial charge in [-0.1, -0.05) is 17.3 Å². The molecule has 2 aromatic rings. The van der Waals surface area contributed by atoms with Crippen LogP contribution in [0.2, 0.25) is 0 Å². The number of ether oxygens (including phenoxy) is 1. The number of amides is 1. The zero-order valence-corrected chi connectivity index (χ0v) is 13.1. The van der Waals surface area contributed by atoms with Gasteiger partial charge in [0, 0.05) is 19.2 Å². The third kappa shape index (κ3) is 3.86. The molecule has 0 saturated heterocycles. The second-order valence-corrected chi connectivity index (χ2v) is 4.55. The molecule has 8 heteroatoms. The van der Waals surface area contributed by atoms with Crippen molar-refractivity contribution in [2.45, 2.75) is 0 Å². The molecule has 124 valence electrons.